The minimum Gasteiger partial charge on any atom is -0.494 e. The summed E-state index contributed by atoms with van der Waals surface area (Å²) in [6.07, 6.45) is -0.777. The lowest BCUT2D eigenvalue weighted by Gasteiger charge is -2.15. The molecule has 0 saturated carbocycles. The first-order valence-corrected chi connectivity index (χ1v) is 8.54. The van der Waals surface area contributed by atoms with E-state index in [4.69, 9.17) is 9.47 Å². The Morgan fingerprint density at radius 2 is 1.76 bits per heavy atom. The maximum atomic E-state index is 12.0. The minimum atomic E-state index is -0.777. The second-order valence-electron chi connectivity index (χ2n) is 5.12. The van der Waals surface area contributed by atoms with Crippen LogP contribution in [-0.2, 0) is 4.79 Å². The summed E-state index contributed by atoms with van der Waals surface area (Å²) in [6, 6.07) is 13.8. The number of nitrogens with one attached hydrogen (secondary N) is 2. The number of hydrazine groups is 1. The van der Waals surface area contributed by atoms with E-state index >= 15 is 0 Å². The van der Waals surface area contributed by atoms with E-state index in [2.05, 4.69) is 26.8 Å². The highest BCUT2D eigenvalue weighted by Crippen LogP contribution is 2.18. The standard InChI is InChI=1S/C18H19BrN2O4/c1-3-24-15-7-9-16(10-8-15)25-12(2)17(22)20-21-18(23)13-5-4-6-14(19)11-13/h4-12H,3H2,1-2H3,(H,20,22)(H,21,23). The van der Waals surface area contributed by atoms with Crippen molar-refractivity contribution in [3.05, 3.63) is 58.6 Å². The highest BCUT2D eigenvalue weighted by Gasteiger charge is 2.16. The van der Waals surface area contributed by atoms with Gasteiger partial charge in [-0.3, -0.25) is 20.4 Å². The summed E-state index contributed by atoms with van der Waals surface area (Å²) in [6.45, 7) is 4.08. The van der Waals surface area contributed by atoms with Crippen LogP contribution in [0.3, 0.4) is 0 Å². The van der Waals surface area contributed by atoms with E-state index in [1.807, 2.05) is 13.0 Å². The lowest BCUT2D eigenvalue weighted by Crippen LogP contribution is -2.47. The molecule has 2 aromatic carbocycles. The largest absolute Gasteiger partial charge is 0.494 e. The normalized spacial score (nSPS) is 11.3. The highest BCUT2D eigenvalue weighted by atomic mass is 79.9. The molecule has 2 N–H and O–H groups in total. The number of hydrogen-bond acceptors (Lipinski definition) is 4. The van der Waals surface area contributed by atoms with Gasteiger partial charge < -0.3 is 9.47 Å². The quantitative estimate of drug-likeness (QED) is 0.722. The number of hydrogen-bond donors (Lipinski definition) is 2. The average molecular weight is 407 g/mol. The zero-order valence-corrected chi connectivity index (χ0v) is 15.5. The van der Waals surface area contributed by atoms with Crippen LogP contribution in [0.5, 0.6) is 11.5 Å². The molecule has 0 fully saturated rings. The molecule has 0 heterocycles. The van der Waals surface area contributed by atoms with Gasteiger partial charge in [0.05, 0.1) is 6.61 Å². The van der Waals surface area contributed by atoms with E-state index in [1.165, 1.54) is 0 Å². The Morgan fingerprint density at radius 3 is 2.40 bits per heavy atom. The zero-order valence-electron chi connectivity index (χ0n) is 13.9. The van der Waals surface area contributed by atoms with Crippen LogP contribution >= 0.6 is 15.9 Å². The first-order valence-electron chi connectivity index (χ1n) is 7.75. The molecule has 0 saturated heterocycles. The van der Waals surface area contributed by atoms with Crippen LogP contribution in [0, 0.1) is 0 Å². The van der Waals surface area contributed by atoms with E-state index in [-0.39, 0.29) is 0 Å². The van der Waals surface area contributed by atoms with Crippen molar-refractivity contribution in [3.8, 4) is 11.5 Å². The van der Waals surface area contributed by atoms with Gasteiger partial charge in [0, 0.05) is 10.0 Å². The van der Waals surface area contributed by atoms with Crippen LogP contribution in [-0.4, -0.2) is 24.5 Å². The first-order chi connectivity index (χ1) is 12.0. The number of ether oxygens (including phenoxy) is 2. The summed E-state index contributed by atoms with van der Waals surface area (Å²) in [5.41, 5.74) is 5.13. The molecule has 1 unspecified atom stereocenters. The lowest BCUT2D eigenvalue weighted by atomic mass is 10.2. The van der Waals surface area contributed by atoms with E-state index < -0.39 is 17.9 Å². The van der Waals surface area contributed by atoms with Gasteiger partial charge in [-0.15, -0.1) is 0 Å². The van der Waals surface area contributed by atoms with Crippen LogP contribution < -0.4 is 20.3 Å². The number of benzene rings is 2. The van der Waals surface area contributed by atoms with E-state index in [0.717, 1.165) is 10.2 Å². The number of amides is 2. The summed E-state index contributed by atoms with van der Waals surface area (Å²) in [5, 5.41) is 0. The topological polar surface area (TPSA) is 76.7 Å². The Hall–Kier alpha value is -2.54. The van der Waals surface area contributed by atoms with Gasteiger partial charge in [0.2, 0.25) is 0 Å². The van der Waals surface area contributed by atoms with Gasteiger partial charge in [0.25, 0.3) is 11.8 Å². The number of rotatable bonds is 6. The maximum Gasteiger partial charge on any atom is 0.279 e. The molecule has 1 atom stereocenters. The monoisotopic (exact) mass is 406 g/mol. The Morgan fingerprint density at radius 1 is 1.08 bits per heavy atom. The number of carbonyl (C=O) groups is 2. The predicted octanol–water partition coefficient (Wildman–Crippen LogP) is 3.08. The lowest BCUT2D eigenvalue weighted by molar-refractivity contribution is -0.128. The van der Waals surface area contributed by atoms with Gasteiger partial charge in [-0.2, -0.15) is 0 Å². The molecular weight excluding hydrogens is 388 g/mol. The van der Waals surface area contributed by atoms with Crippen molar-refractivity contribution < 1.29 is 19.1 Å². The molecule has 0 aromatic heterocycles. The molecule has 2 amide bonds. The third-order valence-corrected chi connectivity index (χ3v) is 3.70. The van der Waals surface area contributed by atoms with E-state index in [9.17, 15) is 9.59 Å². The summed E-state index contributed by atoms with van der Waals surface area (Å²) >= 11 is 3.29. The molecule has 0 radical (unpaired) electrons. The van der Waals surface area contributed by atoms with Crippen LogP contribution in [0.15, 0.2) is 53.0 Å². The van der Waals surface area contributed by atoms with Crippen molar-refractivity contribution in [1.29, 1.82) is 0 Å². The maximum absolute atomic E-state index is 12.0. The fourth-order valence-electron chi connectivity index (χ4n) is 1.96. The fourth-order valence-corrected chi connectivity index (χ4v) is 2.36. The van der Waals surface area contributed by atoms with Gasteiger partial charge in [-0.25, -0.2) is 0 Å². The first kappa shape index (κ1) is 18.8. The molecule has 0 spiro atoms. The summed E-state index contributed by atoms with van der Waals surface area (Å²) in [4.78, 5) is 24.0. The van der Waals surface area contributed by atoms with Gasteiger partial charge in [-0.05, 0) is 56.3 Å². The summed E-state index contributed by atoms with van der Waals surface area (Å²) < 4.78 is 11.7. The number of carbonyl (C=O) groups excluding carboxylic acids is 2. The molecule has 0 aliphatic carbocycles. The third kappa shape index (κ3) is 5.79. The Balaban J connectivity index is 1.84. The van der Waals surface area contributed by atoms with Crippen molar-refractivity contribution in [2.75, 3.05) is 6.61 Å². The molecule has 132 valence electrons. The Bertz CT molecular complexity index is 734. The van der Waals surface area contributed by atoms with E-state index in [0.29, 0.717) is 17.9 Å². The summed E-state index contributed by atoms with van der Waals surface area (Å²) in [5.74, 6) is 0.387. The van der Waals surface area contributed by atoms with Gasteiger partial charge in [0.15, 0.2) is 6.10 Å². The third-order valence-electron chi connectivity index (χ3n) is 3.20. The molecule has 7 heteroatoms. The average Bonchev–Trinajstić information content (AvgIpc) is 2.61. The van der Waals surface area contributed by atoms with Crippen LogP contribution in [0.1, 0.15) is 24.2 Å². The molecular formula is C18H19BrN2O4. The van der Waals surface area contributed by atoms with E-state index in [1.54, 1.807) is 49.4 Å². The molecule has 6 nitrogen and oxygen atoms in total. The smallest absolute Gasteiger partial charge is 0.279 e. The molecule has 0 bridgehead atoms. The molecule has 2 aromatic rings. The fraction of sp³-hybridized carbons (Fsp3) is 0.222. The van der Waals surface area contributed by atoms with Gasteiger partial charge >= 0.3 is 0 Å². The minimum absolute atomic E-state index is 0.414. The predicted molar refractivity (Wildman–Crippen MR) is 97.5 cm³/mol. The van der Waals surface area contributed by atoms with Crippen molar-refractivity contribution in [2.45, 2.75) is 20.0 Å². The molecule has 0 aliphatic rings. The highest BCUT2D eigenvalue weighted by molar-refractivity contribution is 9.10. The number of halogens is 1. The van der Waals surface area contributed by atoms with Crippen molar-refractivity contribution in [3.63, 3.8) is 0 Å². The Labute approximate surface area is 154 Å². The van der Waals surface area contributed by atoms with Crippen LogP contribution in [0.25, 0.3) is 0 Å². The van der Waals surface area contributed by atoms with Crippen molar-refractivity contribution in [1.82, 2.24) is 10.9 Å². The molecule has 0 aliphatic heterocycles. The second-order valence-corrected chi connectivity index (χ2v) is 6.03. The SMILES string of the molecule is CCOc1ccc(OC(C)C(=O)NNC(=O)c2cccc(Br)c2)cc1. The van der Waals surface area contributed by atoms with Gasteiger partial charge in [-0.1, -0.05) is 22.0 Å². The molecule has 2 rings (SSSR count). The Kier molecular flexibility index (Phi) is 6.82. The van der Waals surface area contributed by atoms with Crippen molar-refractivity contribution in [2.24, 2.45) is 0 Å². The van der Waals surface area contributed by atoms with Gasteiger partial charge in [0.1, 0.15) is 11.5 Å². The van der Waals surface area contributed by atoms with Crippen molar-refractivity contribution >= 4 is 27.7 Å². The molecule has 25 heavy (non-hydrogen) atoms. The second kappa shape index (κ2) is 9.08. The summed E-state index contributed by atoms with van der Waals surface area (Å²) in [7, 11) is 0. The zero-order chi connectivity index (χ0) is 18.2. The van der Waals surface area contributed by atoms with Crippen LogP contribution in [0.2, 0.25) is 0 Å². The van der Waals surface area contributed by atoms with Crippen LogP contribution in [0.4, 0.5) is 0 Å².